The lowest BCUT2D eigenvalue weighted by Crippen LogP contribution is -2.24. The zero-order chi connectivity index (χ0) is 14.4. The molecule has 0 aliphatic heterocycles. The molecule has 0 bridgehead atoms. The van der Waals surface area contributed by atoms with Crippen molar-refractivity contribution in [1.82, 2.24) is 15.1 Å². The summed E-state index contributed by atoms with van der Waals surface area (Å²) in [6, 6.07) is 10.3. The zero-order valence-corrected chi connectivity index (χ0v) is 13.4. The number of aryl methyl sites for hydroxylation is 1. The Morgan fingerprint density at radius 3 is 2.90 bits per heavy atom. The van der Waals surface area contributed by atoms with Crippen molar-refractivity contribution in [3.05, 3.63) is 47.2 Å². The first-order valence-electron chi connectivity index (χ1n) is 6.80. The third-order valence-electron chi connectivity index (χ3n) is 2.94. The lowest BCUT2D eigenvalue weighted by Gasteiger charge is -2.16. The van der Waals surface area contributed by atoms with Crippen LogP contribution in [0.3, 0.4) is 0 Å². The van der Waals surface area contributed by atoms with Gasteiger partial charge in [-0.05, 0) is 37.2 Å². The highest BCUT2D eigenvalue weighted by Gasteiger charge is 2.13. The zero-order valence-electron chi connectivity index (χ0n) is 11.8. The number of hydrogen-bond acceptors (Lipinski definition) is 3. The Morgan fingerprint density at radius 1 is 1.40 bits per heavy atom. The van der Waals surface area contributed by atoms with Gasteiger partial charge in [-0.15, -0.1) is 11.8 Å². The summed E-state index contributed by atoms with van der Waals surface area (Å²) in [5, 5.41) is 8.85. The summed E-state index contributed by atoms with van der Waals surface area (Å²) in [4.78, 5) is 1.19. The molecular weight excluding hydrogens is 290 g/mol. The number of hydrogen-bond donors (Lipinski definition) is 1. The van der Waals surface area contributed by atoms with Gasteiger partial charge in [0.05, 0.1) is 11.7 Å². The van der Waals surface area contributed by atoms with E-state index < -0.39 is 0 Å². The highest BCUT2D eigenvalue weighted by atomic mass is 35.5. The van der Waals surface area contributed by atoms with Crippen molar-refractivity contribution in [2.75, 3.05) is 12.3 Å². The van der Waals surface area contributed by atoms with E-state index in [1.54, 1.807) is 11.8 Å². The minimum Gasteiger partial charge on any atom is -0.308 e. The van der Waals surface area contributed by atoms with Crippen LogP contribution in [0.5, 0.6) is 0 Å². The van der Waals surface area contributed by atoms with Crippen LogP contribution in [-0.2, 0) is 7.05 Å². The SMILES string of the molecule is CCCNC(CSc1cccc(Cl)c1)c1ccn(C)n1. The lowest BCUT2D eigenvalue weighted by molar-refractivity contribution is 0.555. The highest BCUT2D eigenvalue weighted by molar-refractivity contribution is 7.99. The number of aromatic nitrogens is 2. The molecule has 0 amide bonds. The summed E-state index contributed by atoms with van der Waals surface area (Å²) in [5.74, 6) is 0.942. The van der Waals surface area contributed by atoms with E-state index in [0.717, 1.165) is 29.4 Å². The van der Waals surface area contributed by atoms with Crippen LogP contribution in [0.25, 0.3) is 0 Å². The molecule has 20 heavy (non-hydrogen) atoms. The Labute approximate surface area is 129 Å². The van der Waals surface area contributed by atoms with Gasteiger partial charge < -0.3 is 5.32 Å². The van der Waals surface area contributed by atoms with Gasteiger partial charge in [0, 0.05) is 28.9 Å². The van der Waals surface area contributed by atoms with Crippen LogP contribution < -0.4 is 5.32 Å². The number of benzene rings is 1. The summed E-state index contributed by atoms with van der Waals surface area (Å²) in [5.41, 5.74) is 1.09. The molecule has 0 aliphatic rings. The van der Waals surface area contributed by atoms with Crippen LogP contribution in [0, 0.1) is 0 Å². The number of halogens is 1. The Kier molecular flexibility index (Phi) is 5.95. The first-order chi connectivity index (χ1) is 9.69. The number of nitrogens with zero attached hydrogens (tertiary/aromatic N) is 2. The van der Waals surface area contributed by atoms with E-state index in [2.05, 4.69) is 29.5 Å². The fraction of sp³-hybridized carbons (Fsp3) is 0.400. The molecule has 3 nitrogen and oxygen atoms in total. The first-order valence-corrected chi connectivity index (χ1v) is 8.16. The molecule has 1 aromatic carbocycles. The van der Waals surface area contributed by atoms with Crippen molar-refractivity contribution in [2.24, 2.45) is 7.05 Å². The predicted octanol–water partition coefficient (Wildman–Crippen LogP) is 3.91. The minimum absolute atomic E-state index is 0.264. The summed E-state index contributed by atoms with van der Waals surface area (Å²) < 4.78 is 1.85. The maximum absolute atomic E-state index is 6.02. The van der Waals surface area contributed by atoms with Gasteiger partial charge in [-0.2, -0.15) is 5.10 Å². The van der Waals surface area contributed by atoms with E-state index in [-0.39, 0.29) is 6.04 Å². The predicted molar refractivity (Wildman–Crippen MR) is 86.4 cm³/mol. The molecule has 2 aromatic rings. The normalized spacial score (nSPS) is 12.6. The van der Waals surface area contributed by atoms with Crippen molar-refractivity contribution in [3.8, 4) is 0 Å². The van der Waals surface area contributed by atoms with Gasteiger partial charge in [0.25, 0.3) is 0 Å². The maximum Gasteiger partial charge on any atom is 0.0802 e. The maximum atomic E-state index is 6.02. The fourth-order valence-electron chi connectivity index (χ4n) is 1.92. The average Bonchev–Trinajstić information content (AvgIpc) is 2.85. The number of nitrogens with one attached hydrogen (secondary N) is 1. The topological polar surface area (TPSA) is 29.9 Å². The van der Waals surface area contributed by atoms with Crippen molar-refractivity contribution >= 4 is 23.4 Å². The number of thioether (sulfide) groups is 1. The molecule has 108 valence electrons. The van der Waals surface area contributed by atoms with Crippen molar-refractivity contribution in [3.63, 3.8) is 0 Å². The van der Waals surface area contributed by atoms with Gasteiger partial charge in [-0.1, -0.05) is 24.6 Å². The van der Waals surface area contributed by atoms with Crippen molar-refractivity contribution in [1.29, 1.82) is 0 Å². The van der Waals surface area contributed by atoms with Gasteiger partial charge in [0.15, 0.2) is 0 Å². The van der Waals surface area contributed by atoms with Crippen LogP contribution in [0.1, 0.15) is 25.1 Å². The minimum atomic E-state index is 0.264. The van der Waals surface area contributed by atoms with Gasteiger partial charge in [0.2, 0.25) is 0 Å². The van der Waals surface area contributed by atoms with Crippen LogP contribution in [0.4, 0.5) is 0 Å². The van der Waals surface area contributed by atoms with Gasteiger partial charge in [-0.3, -0.25) is 4.68 Å². The molecule has 0 radical (unpaired) electrons. The molecule has 0 fully saturated rings. The largest absolute Gasteiger partial charge is 0.308 e. The second-order valence-electron chi connectivity index (χ2n) is 4.69. The molecule has 0 saturated carbocycles. The van der Waals surface area contributed by atoms with E-state index in [0.29, 0.717) is 0 Å². The smallest absolute Gasteiger partial charge is 0.0802 e. The molecule has 1 N–H and O–H groups in total. The van der Waals surface area contributed by atoms with Gasteiger partial charge in [0.1, 0.15) is 0 Å². The summed E-state index contributed by atoms with van der Waals surface area (Å²) in [6.07, 6.45) is 3.10. The summed E-state index contributed by atoms with van der Waals surface area (Å²) in [6.45, 7) is 3.17. The number of rotatable bonds is 7. The molecule has 2 rings (SSSR count). The van der Waals surface area contributed by atoms with Gasteiger partial charge in [-0.25, -0.2) is 0 Å². The quantitative estimate of drug-likeness (QED) is 0.787. The molecule has 5 heteroatoms. The third kappa shape index (κ3) is 4.54. The standard InChI is InChI=1S/C15H20ClN3S/c1-3-8-17-15(14-7-9-19(2)18-14)11-20-13-6-4-5-12(16)10-13/h4-7,9-10,15,17H,3,8,11H2,1-2H3. The van der Waals surface area contributed by atoms with E-state index in [1.165, 1.54) is 4.90 Å². The van der Waals surface area contributed by atoms with Crippen LogP contribution in [0.15, 0.2) is 41.4 Å². The molecule has 0 saturated heterocycles. The fourth-order valence-corrected chi connectivity index (χ4v) is 3.21. The first kappa shape index (κ1) is 15.4. The molecule has 1 aromatic heterocycles. The van der Waals surface area contributed by atoms with Crippen LogP contribution in [-0.4, -0.2) is 22.1 Å². The molecule has 0 aliphatic carbocycles. The average molecular weight is 310 g/mol. The Morgan fingerprint density at radius 2 is 2.25 bits per heavy atom. The summed E-state index contributed by atoms with van der Waals surface area (Å²) in [7, 11) is 1.95. The van der Waals surface area contributed by atoms with Crippen LogP contribution in [0.2, 0.25) is 5.02 Å². The van der Waals surface area contributed by atoms with E-state index in [1.807, 2.05) is 36.1 Å². The molecule has 1 heterocycles. The summed E-state index contributed by atoms with van der Waals surface area (Å²) >= 11 is 7.82. The van der Waals surface area contributed by atoms with Crippen molar-refractivity contribution < 1.29 is 0 Å². The highest BCUT2D eigenvalue weighted by Crippen LogP contribution is 2.26. The van der Waals surface area contributed by atoms with E-state index >= 15 is 0 Å². The molecule has 1 atom stereocenters. The van der Waals surface area contributed by atoms with E-state index in [9.17, 15) is 0 Å². The Balaban J connectivity index is 2.00. The Bertz CT molecular complexity index is 541. The second-order valence-corrected chi connectivity index (χ2v) is 6.22. The Hall–Kier alpha value is -0.970. The molecule has 1 unspecified atom stereocenters. The molecular formula is C15H20ClN3S. The van der Waals surface area contributed by atoms with Gasteiger partial charge >= 0.3 is 0 Å². The van der Waals surface area contributed by atoms with Crippen LogP contribution >= 0.6 is 23.4 Å². The second kappa shape index (κ2) is 7.72. The third-order valence-corrected chi connectivity index (χ3v) is 4.27. The monoisotopic (exact) mass is 309 g/mol. The lowest BCUT2D eigenvalue weighted by atomic mass is 10.2. The van der Waals surface area contributed by atoms with E-state index in [4.69, 9.17) is 11.6 Å². The molecule has 0 spiro atoms. The van der Waals surface area contributed by atoms with Crippen molar-refractivity contribution in [2.45, 2.75) is 24.3 Å².